The molecule has 2 rings (SSSR count). The zero-order valence-corrected chi connectivity index (χ0v) is 10.1. The van der Waals surface area contributed by atoms with Crippen LogP contribution < -0.4 is 5.32 Å². The monoisotopic (exact) mass is 252 g/mol. The molecular weight excluding hydrogens is 240 g/mol. The maximum atomic E-state index is 10.6. The Morgan fingerprint density at radius 2 is 2.35 bits per heavy atom. The molecule has 0 saturated carbocycles. The summed E-state index contributed by atoms with van der Waals surface area (Å²) in [6, 6.07) is 3.81. The summed E-state index contributed by atoms with van der Waals surface area (Å²) in [4.78, 5) is 14.6. The fourth-order valence-electron chi connectivity index (χ4n) is 1.38. The van der Waals surface area contributed by atoms with Gasteiger partial charge in [-0.2, -0.15) is 0 Å². The third-order valence-corrected chi connectivity index (χ3v) is 3.02. The Hall–Kier alpha value is -1.66. The highest BCUT2D eigenvalue weighted by Gasteiger charge is 2.08. The predicted octanol–water partition coefficient (Wildman–Crippen LogP) is 2.03. The number of aryl methyl sites for hydroxylation is 1. The first-order valence-corrected chi connectivity index (χ1v) is 5.97. The number of aromatic nitrogens is 1. The molecule has 0 fully saturated rings. The highest BCUT2D eigenvalue weighted by molar-refractivity contribution is 7.11. The van der Waals surface area contributed by atoms with Gasteiger partial charge in [-0.15, -0.1) is 11.3 Å². The minimum Gasteiger partial charge on any atom is -0.476 e. The van der Waals surface area contributed by atoms with Crippen LogP contribution in [0.3, 0.4) is 0 Å². The van der Waals surface area contributed by atoms with Crippen LogP contribution in [0.5, 0.6) is 0 Å². The van der Waals surface area contributed by atoms with Crippen LogP contribution >= 0.6 is 11.3 Å². The fraction of sp³-hybridized carbons (Fsp3) is 0.273. The fourth-order valence-corrected chi connectivity index (χ4v) is 2.03. The highest BCUT2D eigenvalue weighted by atomic mass is 32.1. The van der Waals surface area contributed by atoms with Crippen molar-refractivity contribution in [3.05, 3.63) is 39.7 Å². The van der Waals surface area contributed by atoms with Gasteiger partial charge in [0.2, 0.25) is 5.01 Å². The zero-order valence-electron chi connectivity index (χ0n) is 9.27. The Morgan fingerprint density at radius 3 is 2.94 bits per heavy atom. The van der Waals surface area contributed by atoms with Crippen LogP contribution in [0.1, 0.15) is 27.0 Å². The van der Waals surface area contributed by atoms with Gasteiger partial charge >= 0.3 is 5.97 Å². The number of thiazole rings is 1. The molecule has 0 spiro atoms. The zero-order chi connectivity index (χ0) is 12.3. The molecule has 90 valence electrons. The van der Waals surface area contributed by atoms with Crippen molar-refractivity contribution in [2.75, 3.05) is 0 Å². The van der Waals surface area contributed by atoms with E-state index in [0.717, 1.165) is 28.6 Å². The minimum atomic E-state index is -0.983. The number of hydrogen-bond donors (Lipinski definition) is 2. The van der Waals surface area contributed by atoms with E-state index in [1.54, 1.807) is 5.38 Å². The van der Waals surface area contributed by atoms with Gasteiger partial charge in [-0.1, -0.05) is 0 Å². The van der Waals surface area contributed by atoms with Gasteiger partial charge < -0.3 is 14.8 Å². The van der Waals surface area contributed by atoms with Gasteiger partial charge in [0.1, 0.15) is 11.5 Å². The lowest BCUT2D eigenvalue weighted by molar-refractivity contribution is 0.0696. The smallest absolute Gasteiger partial charge is 0.365 e. The summed E-state index contributed by atoms with van der Waals surface area (Å²) in [6.07, 6.45) is 0. The van der Waals surface area contributed by atoms with Crippen LogP contribution in [0, 0.1) is 6.92 Å². The van der Waals surface area contributed by atoms with Gasteiger partial charge in [0.15, 0.2) is 0 Å². The molecule has 17 heavy (non-hydrogen) atoms. The predicted molar refractivity (Wildman–Crippen MR) is 63.1 cm³/mol. The van der Waals surface area contributed by atoms with Crippen LogP contribution in [0.2, 0.25) is 0 Å². The lowest BCUT2D eigenvalue weighted by Crippen LogP contribution is -2.12. The Labute approximate surface area is 102 Å². The van der Waals surface area contributed by atoms with Gasteiger partial charge in [-0.3, -0.25) is 0 Å². The summed E-state index contributed by atoms with van der Waals surface area (Å²) < 4.78 is 5.39. The molecule has 0 radical (unpaired) electrons. The number of carboxylic acid groups (broad SMARTS) is 1. The summed E-state index contributed by atoms with van der Waals surface area (Å²) in [5.41, 5.74) is 0.732. The molecule has 2 heterocycles. The molecule has 0 amide bonds. The number of hydrogen-bond acceptors (Lipinski definition) is 5. The first kappa shape index (κ1) is 11.8. The standard InChI is InChI=1S/C11H12N2O3S/c1-7-2-3-9(16-7)5-12-4-8-6-17-10(13-8)11(14)15/h2-3,6,12H,4-5H2,1H3,(H,14,15). The molecule has 0 aliphatic rings. The van der Waals surface area contributed by atoms with E-state index in [1.807, 2.05) is 19.1 Å². The Balaban J connectivity index is 1.83. The Morgan fingerprint density at radius 1 is 1.53 bits per heavy atom. The maximum Gasteiger partial charge on any atom is 0.365 e. The van der Waals surface area contributed by atoms with Crippen LogP contribution in [0.15, 0.2) is 21.9 Å². The van der Waals surface area contributed by atoms with Gasteiger partial charge in [0, 0.05) is 11.9 Å². The number of aromatic carboxylic acids is 1. The van der Waals surface area contributed by atoms with E-state index < -0.39 is 5.97 Å². The van der Waals surface area contributed by atoms with Crippen molar-refractivity contribution in [2.45, 2.75) is 20.0 Å². The average molecular weight is 252 g/mol. The third kappa shape index (κ3) is 3.15. The van der Waals surface area contributed by atoms with Crippen molar-refractivity contribution in [1.82, 2.24) is 10.3 Å². The number of nitrogens with zero attached hydrogens (tertiary/aromatic N) is 1. The first-order valence-electron chi connectivity index (χ1n) is 5.09. The number of carboxylic acids is 1. The molecule has 2 N–H and O–H groups in total. The lowest BCUT2D eigenvalue weighted by Gasteiger charge is -1.99. The topological polar surface area (TPSA) is 75.4 Å². The normalized spacial score (nSPS) is 10.6. The molecule has 0 aromatic carbocycles. The largest absolute Gasteiger partial charge is 0.476 e. The maximum absolute atomic E-state index is 10.6. The van der Waals surface area contributed by atoms with E-state index in [1.165, 1.54) is 0 Å². The lowest BCUT2D eigenvalue weighted by atomic mass is 10.4. The SMILES string of the molecule is Cc1ccc(CNCc2csc(C(=O)O)n2)o1. The number of nitrogens with one attached hydrogen (secondary N) is 1. The second-order valence-electron chi connectivity index (χ2n) is 3.57. The number of furan rings is 1. The van der Waals surface area contributed by atoms with Gasteiger partial charge in [0.05, 0.1) is 12.2 Å². The van der Waals surface area contributed by atoms with Crippen LogP contribution in [0.4, 0.5) is 0 Å². The average Bonchev–Trinajstić information content (AvgIpc) is 2.88. The molecule has 0 aliphatic carbocycles. The van der Waals surface area contributed by atoms with E-state index in [2.05, 4.69) is 10.3 Å². The minimum absolute atomic E-state index is 0.121. The highest BCUT2D eigenvalue weighted by Crippen LogP contribution is 2.10. The van der Waals surface area contributed by atoms with Crippen molar-refractivity contribution in [2.24, 2.45) is 0 Å². The van der Waals surface area contributed by atoms with E-state index in [4.69, 9.17) is 9.52 Å². The van der Waals surface area contributed by atoms with E-state index in [-0.39, 0.29) is 5.01 Å². The molecular formula is C11H12N2O3S. The molecule has 0 bridgehead atoms. The van der Waals surface area contributed by atoms with E-state index in [9.17, 15) is 4.79 Å². The molecule has 0 atom stereocenters. The van der Waals surface area contributed by atoms with Crippen LogP contribution in [-0.4, -0.2) is 16.1 Å². The Bertz CT molecular complexity index is 518. The number of carbonyl (C=O) groups is 1. The summed E-state index contributed by atoms with van der Waals surface area (Å²) in [5.74, 6) is 0.753. The van der Waals surface area contributed by atoms with Crippen molar-refractivity contribution < 1.29 is 14.3 Å². The molecule has 6 heteroatoms. The Kier molecular flexibility index (Phi) is 3.55. The summed E-state index contributed by atoms with van der Waals surface area (Å²) in [6.45, 7) is 3.03. The van der Waals surface area contributed by atoms with Crippen LogP contribution in [-0.2, 0) is 13.1 Å². The summed E-state index contributed by atoms with van der Waals surface area (Å²) in [5, 5.41) is 13.7. The van der Waals surface area contributed by atoms with Crippen molar-refractivity contribution in [3.63, 3.8) is 0 Å². The summed E-state index contributed by atoms with van der Waals surface area (Å²) >= 11 is 1.13. The van der Waals surface area contributed by atoms with Gasteiger partial charge in [0.25, 0.3) is 0 Å². The summed E-state index contributed by atoms with van der Waals surface area (Å²) in [7, 11) is 0. The molecule has 0 aliphatic heterocycles. The second kappa shape index (κ2) is 5.11. The molecule has 2 aromatic heterocycles. The molecule has 5 nitrogen and oxygen atoms in total. The molecule has 2 aromatic rings. The van der Waals surface area contributed by atoms with Gasteiger partial charge in [-0.05, 0) is 19.1 Å². The molecule has 0 unspecified atom stereocenters. The third-order valence-electron chi connectivity index (χ3n) is 2.14. The van der Waals surface area contributed by atoms with Gasteiger partial charge in [-0.25, -0.2) is 9.78 Å². The molecule has 0 saturated heterocycles. The quantitative estimate of drug-likeness (QED) is 0.851. The van der Waals surface area contributed by atoms with E-state index in [0.29, 0.717) is 13.1 Å². The van der Waals surface area contributed by atoms with Crippen molar-refractivity contribution in [3.8, 4) is 0 Å². The number of rotatable bonds is 5. The van der Waals surface area contributed by atoms with E-state index >= 15 is 0 Å². The first-order chi connectivity index (χ1) is 8.15. The second-order valence-corrected chi connectivity index (χ2v) is 4.42. The van der Waals surface area contributed by atoms with Crippen molar-refractivity contribution in [1.29, 1.82) is 0 Å². The van der Waals surface area contributed by atoms with Crippen LogP contribution in [0.25, 0.3) is 0 Å². The van der Waals surface area contributed by atoms with Crippen molar-refractivity contribution >= 4 is 17.3 Å².